The van der Waals surface area contributed by atoms with E-state index in [1.807, 2.05) is 0 Å². The van der Waals surface area contributed by atoms with Crippen LogP contribution in [0.25, 0.3) is 11.0 Å². The Balaban J connectivity index is 2.68. The summed E-state index contributed by atoms with van der Waals surface area (Å²) in [6.07, 6.45) is 1.23. The Morgan fingerprint density at radius 2 is 2.00 bits per heavy atom. The summed E-state index contributed by atoms with van der Waals surface area (Å²) < 4.78 is 10.1. The van der Waals surface area contributed by atoms with Gasteiger partial charge in [-0.15, -0.1) is 0 Å². The molecule has 0 spiro atoms. The molecule has 2 aromatic rings. The van der Waals surface area contributed by atoms with Crippen LogP contribution in [0.15, 0.2) is 22.8 Å². The molecule has 0 unspecified atom stereocenters. The molecule has 0 bridgehead atoms. The highest BCUT2D eigenvalue weighted by Gasteiger charge is 2.18. The number of hydrogen-bond donors (Lipinski definition) is 1. The van der Waals surface area contributed by atoms with Crippen LogP contribution in [-0.4, -0.2) is 16.9 Å². The Hall–Kier alpha value is -2.30. The van der Waals surface area contributed by atoms with Gasteiger partial charge in [-0.3, -0.25) is 9.59 Å². The minimum absolute atomic E-state index is 0.0842. The third-order valence-corrected chi connectivity index (χ3v) is 2.29. The van der Waals surface area contributed by atoms with E-state index in [4.69, 9.17) is 9.15 Å². The molecule has 0 atom stereocenters. The number of carbonyl (C=O) groups is 2. The molecule has 0 aliphatic carbocycles. The maximum absolute atomic E-state index is 11.4. The molecule has 0 amide bonds. The zero-order valence-electron chi connectivity index (χ0n) is 9.31. The average molecular weight is 234 g/mol. The van der Waals surface area contributed by atoms with Crippen molar-refractivity contribution < 1.29 is 23.8 Å². The summed E-state index contributed by atoms with van der Waals surface area (Å²) in [6, 6.07) is 2.89. The largest absolute Gasteiger partial charge is 0.507 e. The van der Waals surface area contributed by atoms with E-state index in [9.17, 15) is 14.7 Å². The van der Waals surface area contributed by atoms with Crippen molar-refractivity contribution in [3.63, 3.8) is 0 Å². The first-order valence-electron chi connectivity index (χ1n) is 4.93. The molecule has 0 fully saturated rings. The van der Waals surface area contributed by atoms with Gasteiger partial charge in [0, 0.05) is 6.92 Å². The lowest BCUT2D eigenvalue weighted by Gasteiger charge is -2.01. The molecule has 0 saturated heterocycles. The average Bonchev–Trinajstić information content (AvgIpc) is 2.59. The molecule has 0 radical (unpaired) electrons. The number of phenolic OH excluding ortho intramolecular Hbond substituents is 1. The second-order valence-corrected chi connectivity index (χ2v) is 3.59. The van der Waals surface area contributed by atoms with Crippen molar-refractivity contribution in [3.8, 4) is 11.5 Å². The molecule has 1 N–H and O–H groups in total. The number of Topliss-reactive ketones (excluding diaryl/α,β-unsaturated/α-hetero) is 1. The second-order valence-electron chi connectivity index (χ2n) is 3.59. The van der Waals surface area contributed by atoms with Crippen LogP contribution >= 0.6 is 0 Å². The van der Waals surface area contributed by atoms with Gasteiger partial charge in [0.15, 0.2) is 17.1 Å². The summed E-state index contributed by atoms with van der Waals surface area (Å²) in [5.41, 5.74) is 0.301. The second kappa shape index (κ2) is 3.93. The van der Waals surface area contributed by atoms with Crippen molar-refractivity contribution in [3.05, 3.63) is 24.0 Å². The van der Waals surface area contributed by atoms with Crippen molar-refractivity contribution in [2.75, 3.05) is 0 Å². The zero-order valence-corrected chi connectivity index (χ0v) is 9.31. The van der Waals surface area contributed by atoms with E-state index in [1.165, 1.54) is 32.2 Å². The van der Waals surface area contributed by atoms with Crippen LogP contribution in [0.3, 0.4) is 0 Å². The van der Waals surface area contributed by atoms with E-state index < -0.39 is 5.97 Å². The van der Waals surface area contributed by atoms with Crippen LogP contribution in [-0.2, 0) is 4.79 Å². The summed E-state index contributed by atoms with van der Waals surface area (Å²) in [4.78, 5) is 22.2. The van der Waals surface area contributed by atoms with Crippen molar-refractivity contribution in [2.24, 2.45) is 0 Å². The first kappa shape index (κ1) is 11.2. The maximum Gasteiger partial charge on any atom is 0.308 e. The van der Waals surface area contributed by atoms with Gasteiger partial charge < -0.3 is 14.3 Å². The van der Waals surface area contributed by atoms with E-state index in [0.29, 0.717) is 5.39 Å². The standard InChI is InChI=1S/C12H10O5/c1-6(13)11-9(15)4-3-8-10(17-7(2)14)5-16-12(8)11/h3-5,15H,1-2H3. The van der Waals surface area contributed by atoms with Gasteiger partial charge in [-0.2, -0.15) is 0 Å². The van der Waals surface area contributed by atoms with Crippen molar-refractivity contribution in [1.29, 1.82) is 0 Å². The predicted molar refractivity (Wildman–Crippen MR) is 59.2 cm³/mol. The summed E-state index contributed by atoms with van der Waals surface area (Å²) in [5, 5.41) is 10.1. The highest BCUT2D eigenvalue weighted by atomic mass is 16.5. The maximum atomic E-state index is 11.4. The number of hydrogen-bond acceptors (Lipinski definition) is 5. The summed E-state index contributed by atoms with van der Waals surface area (Å²) in [7, 11) is 0. The molecule has 2 rings (SSSR count). The number of esters is 1. The van der Waals surface area contributed by atoms with Crippen LogP contribution in [0.1, 0.15) is 24.2 Å². The van der Waals surface area contributed by atoms with Gasteiger partial charge in [0.05, 0.1) is 5.39 Å². The Kier molecular flexibility index (Phi) is 2.59. The number of fused-ring (bicyclic) bond motifs is 1. The molecule has 0 aliphatic heterocycles. The number of benzene rings is 1. The van der Waals surface area contributed by atoms with Crippen LogP contribution in [0, 0.1) is 0 Å². The normalized spacial score (nSPS) is 10.5. The summed E-state index contributed by atoms with van der Waals surface area (Å²) in [5.74, 6) is -0.731. The lowest BCUT2D eigenvalue weighted by atomic mass is 10.1. The van der Waals surface area contributed by atoms with Crippen LogP contribution in [0.4, 0.5) is 0 Å². The Bertz CT molecular complexity index is 609. The molecule has 88 valence electrons. The quantitative estimate of drug-likeness (QED) is 0.637. The lowest BCUT2D eigenvalue weighted by Crippen LogP contribution is -2.00. The molecule has 17 heavy (non-hydrogen) atoms. The van der Waals surface area contributed by atoms with E-state index in [0.717, 1.165) is 0 Å². The first-order chi connectivity index (χ1) is 8.00. The number of ether oxygens (including phenoxy) is 1. The van der Waals surface area contributed by atoms with Gasteiger partial charge in [0.25, 0.3) is 0 Å². The summed E-state index contributed by atoms with van der Waals surface area (Å²) >= 11 is 0. The molecular formula is C12H10O5. The number of furan rings is 1. The zero-order chi connectivity index (χ0) is 12.6. The van der Waals surface area contributed by atoms with Gasteiger partial charge in [0.1, 0.15) is 17.6 Å². The molecule has 0 saturated carbocycles. The highest BCUT2D eigenvalue weighted by Crippen LogP contribution is 2.34. The fraction of sp³-hybridized carbons (Fsp3) is 0.167. The number of rotatable bonds is 2. The van der Waals surface area contributed by atoms with Gasteiger partial charge in [-0.05, 0) is 19.1 Å². The Labute approximate surface area is 96.6 Å². The van der Waals surface area contributed by atoms with Gasteiger partial charge in [-0.25, -0.2) is 0 Å². The lowest BCUT2D eigenvalue weighted by molar-refractivity contribution is -0.131. The van der Waals surface area contributed by atoms with Crippen molar-refractivity contribution in [1.82, 2.24) is 0 Å². The molecule has 1 aromatic heterocycles. The topological polar surface area (TPSA) is 76.7 Å². The molecule has 1 heterocycles. The molecule has 0 aliphatic rings. The fourth-order valence-electron chi connectivity index (χ4n) is 1.64. The number of aromatic hydroxyl groups is 1. The first-order valence-corrected chi connectivity index (χ1v) is 4.93. The number of phenols is 1. The molecular weight excluding hydrogens is 224 g/mol. The minimum atomic E-state index is -0.481. The minimum Gasteiger partial charge on any atom is -0.507 e. The van der Waals surface area contributed by atoms with Crippen LogP contribution in [0.2, 0.25) is 0 Å². The third-order valence-electron chi connectivity index (χ3n) is 2.29. The van der Waals surface area contributed by atoms with Crippen LogP contribution in [0.5, 0.6) is 11.5 Å². The molecule has 5 nitrogen and oxygen atoms in total. The number of ketones is 1. The molecule has 1 aromatic carbocycles. The van der Waals surface area contributed by atoms with E-state index in [2.05, 4.69) is 0 Å². The Morgan fingerprint density at radius 1 is 1.29 bits per heavy atom. The number of carbonyl (C=O) groups excluding carboxylic acids is 2. The SMILES string of the molecule is CC(=O)Oc1coc2c(C(C)=O)c(O)ccc12. The smallest absolute Gasteiger partial charge is 0.308 e. The van der Waals surface area contributed by atoms with Gasteiger partial charge in [-0.1, -0.05) is 0 Å². The van der Waals surface area contributed by atoms with E-state index in [1.54, 1.807) is 0 Å². The highest BCUT2D eigenvalue weighted by molar-refractivity contribution is 6.08. The third kappa shape index (κ3) is 1.87. The van der Waals surface area contributed by atoms with Gasteiger partial charge >= 0.3 is 5.97 Å². The van der Waals surface area contributed by atoms with Crippen molar-refractivity contribution in [2.45, 2.75) is 13.8 Å². The van der Waals surface area contributed by atoms with Crippen molar-refractivity contribution >= 4 is 22.7 Å². The summed E-state index contributed by atoms with van der Waals surface area (Å²) in [6.45, 7) is 2.59. The predicted octanol–water partition coefficient (Wildman–Crippen LogP) is 2.27. The fourth-order valence-corrected chi connectivity index (χ4v) is 1.64. The van der Waals surface area contributed by atoms with Crippen LogP contribution < -0.4 is 4.74 Å². The Morgan fingerprint density at radius 3 is 2.59 bits per heavy atom. The van der Waals surface area contributed by atoms with Gasteiger partial charge in [0.2, 0.25) is 0 Å². The monoisotopic (exact) mass is 234 g/mol. The van der Waals surface area contributed by atoms with E-state index in [-0.39, 0.29) is 28.4 Å². The van der Waals surface area contributed by atoms with E-state index >= 15 is 0 Å². The molecule has 5 heteroatoms.